The van der Waals surface area contributed by atoms with Crippen molar-refractivity contribution in [2.75, 3.05) is 19.8 Å². The van der Waals surface area contributed by atoms with E-state index in [4.69, 9.17) is 9.47 Å². The Morgan fingerprint density at radius 2 is 2.00 bits per heavy atom. The Morgan fingerprint density at radius 3 is 2.67 bits per heavy atom. The highest BCUT2D eigenvalue weighted by atomic mass is 16.5. The molecule has 1 aromatic rings. The van der Waals surface area contributed by atoms with E-state index in [1.54, 1.807) is 0 Å². The maximum Gasteiger partial charge on any atom is 0.320 e. The second-order valence-electron chi connectivity index (χ2n) is 5.11. The molecule has 1 aliphatic rings. The maximum atomic E-state index is 11.2. The van der Waals surface area contributed by atoms with Gasteiger partial charge >= 0.3 is 5.97 Å². The number of likely N-dealkylation sites (tertiary alicyclic amines) is 1. The molecule has 0 bridgehead atoms. The summed E-state index contributed by atoms with van der Waals surface area (Å²) in [7, 11) is 0. The second kappa shape index (κ2) is 7.31. The van der Waals surface area contributed by atoms with Crippen LogP contribution in [0, 0.1) is 0 Å². The summed E-state index contributed by atoms with van der Waals surface area (Å²) in [6.45, 7) is 6.49. The van der Waals surface area contributed by atoms with E-state index in [9.17, 15) is 9.90 Å². The number of nitrogens with zero attached hydrogens (tertiary/aromatic N) is 1. The van der Waals surface area contributed by atoms with E-state index < -0.39 is 5.97 Å². The number of hydrogen-bond donors (Lipinski definition) is 1. The lowest BCUT2D eigenvalue weighted by atomic mass is 10.1. The first kappa shape index (κ1) is 15.6. The van der Waals surface area contributed by atoms with Crippen LogP contribution in [0.2, 0.25) is 0 Å². The van der Waals surface area contributed by atoms with Gasteiger partial charge in [-0.1, -0.05) is 6.07 Å². The summed E-state index contributed by atoms with van der Waals surface area (Å²) in [6, 6.07) is 5.46. The molecule has 1 fully saturated rings. The van der Waals surface area contributed by atoms with E-state index in [2.05, 4.69) is 0 Å². The number of carboxylic acids is 1. The maximum absolute atomic E-state index is 11.2. The number of carbonyl (C=O) groups is 1. The Balaban J connectivity index is 2.12. The first-order valence-corrected chi connectivity index (χ1v) is 7.51. The van der Waals surface area contributed by atoms with E-state index in [-0.39, 0.29) is 6.04 Å². The molecule has 1 saturated heterocycles. The molecule has 1 aromatic carbocycles. The zero-order valence-corrected chi connectivity index (χ0v) is 12.7. The second-order valence-corrected chi connectivity index (χ2v) is 5.11. The molecule has 21 heavy (non-hydrogen) atoms. The van der Waals surface area contributed by atoms with Gasteiger partial charge in [-0.05, 0) is 50.9 Å². The molecular formula is C16H23NO4. The van der Waals surface area contributed by atoms with Gasteiger partial charge in [0, 0.05) is 6.54 Å². The number of ether oxygens (including phenoxy) is 2. The zero-order chi connectivity index (χ0) is 15.2. The zero-order valence-electron chi connectivity index (χ0n) is 12.7. The van der Waals surface area contributed by atoms with Gasteiger partial charge in [-0.15, -0.1) is 0 Å². The molecule has 1 heterocycles. The van der Waals surface area contributed by atoms with Crippen LogP contribution in [0.5, 0.6) is 11.5 Å². The van der Waals surface area contributed by atoms with E-state index in [1.165, 1.54) is 0 Å². The van der Waals surface area contributed by atoms with E-state index in [0.717, 1.165) is 36.4 Å². The first-order chi connectivity index (χ1) is 10.2. The lowest BCUT2D eigenvalue weighted by Gasteiger charge is -2.21. The predicted molar refractivity (Wildman–Crippen MR) is 79.8 cm³/mol. The number of aliphatic carboxylic acids is 1. The minimum atomic E-state index is -0.733. The minimum absolute atomic E-state index is 0.368. The summed E-state index contributed by atoms with van der Waals surface area (Å²) in [4.78, 5) is 13.2. The van der Waals surface area contributed by atoms with Gasteiger partial charge in [-0.3, -0.25) is 9.69 Å². The van der Waals surface area contributed by atoms with Crippen molar-refractivity contribution in [2.24, 2.45) is 0 Å². The Kier molecular flexibility index (Phi) is 5.44. The summed E-state index contributed by atoms with van der Waals surface area (Å²) in [5.41, 5.74) is 1.05. The molecule has 0 saturated carbocycles. The quantitative estimate of drug-likeness (QED) is 0.837. The molecular weight excluding hydrogens is 270 g/mol. The average Bonchev–Trinajstić information content (AvgIpc) is 2.90. The van der Waals surface area contributed by atoms with Crippen LogP contribution in [-0.2, 0) is 11.3 Å². The summed E-state index contributed by atoms with van der Waals surface area (Å²) in [6.07, 6.45) is 1.66. The Labute approximate surface area is 125 Å². The van der Waals surface area contributed by atoms with Crippen LogP contribution in [0.4, 0.5) is 0 Å². The molecule has 1 N–H and O–H groups in total. The highest BCUT2D eigenvalue weighted by Gasteiger charge is 2.30. The largest absolute Gasteiger partial charge is 0.490 e. The Bertz CT molecular complexity index is 489. The lowest BCUT2D eigenvalue weighted by molar-refractivity contribution is -0.142. The molecule has 0 unspecified atom stereocenters. The van der Waals surface area contributed by atoms with Crippen molar-refractivity contribution in [2.45, 2.75) is 39.3 Å². The molecule has 116 valence electrons. The van der Waals surface area contributed by atoms with Crippen molar-refractivity contribution in [3.63, 3.8) is 0 Å². The monoisotopic (exact) mass is 293 g/mol. The molecule has 0 amide bonds. The average molecular weight is 293 g/mol. The van der Waals surface area contributed by atoms with Gasteiger partial charge in [-0.25, -0.2) is 0 Å². The molecule has 5 heteroatoms. The van der Waals surface area contributed by atoms with Crippen LogP contribution in [0.1, 0.15) is 32.3 Å². The standard InChI is InChI=1S/C16H23NO4/c1-3-20-14-8-7-12(10-15(14)21-4-2)11-17-9-5-6-13(17)16(18)19/h7-8,10,13H,3-6,9,11H2,1-2H3,(H,18,19)/t13-/m0/s1. The van der Waals surface area contributed by atoms with Crippen molar-refractivity contribution in [3.8, 4) is 11.5 Å². The van der Waals surface area contributed by atoms with Gasteiger partial charge in [0.15, 0.2) is 11.5 Å². The Hall–Kier alpha value is -1.75. The molecule has 0 aliphatic carbocycles. The van der Waals surface area contributed by atoms with Gasteiger partial charge < -0.3 is 14.6 Å². The van der Waals surface area contributed by atoms with Crippen LogP contribution >= 0.6 is 0 Å². The van der Waals surface area contributed by atoms with Gasteiger partial charge in [-0.2, -0.15) is 0 Å². The molecule has 0 aromatic heterocycles. The van der Waals surface area contributed by atoms with Crippen LogP contribution in [0.15, 0.2) is 18.2 Å². The fourth-order valence-electron chi connectivity index (χ4n) is 2.72. The highest BCUT2D eigenvalue weighted by molar-refractivity contribution is 5.73. The third kappa shape index (κ3) is 3.88. The summed E-state index contributed by atoms with van der Waals surface area (Å²) < 4.78 is 11.2. The Morgan fingerprint density at radius 1 is 1.29 bits per heavy atom. The van der Waals surface area contributed by atoms with Gasteiger partial charge in [0.05, 0.1) is 13.2 Å². The van der Waals surface area contributed by atoms with E-state index in [1.807, 2.05) is 36.9 Å². The van der Waals surface area contributed by atoms with Crippen LogP contribution in [0.25, 0.3) is 0 Å². The highest BCUT2D eigenvalue weighted by Crippen LogP contribution is 2.30. The smallest absolute Gasteiger partial charge is 0.320 e. The van der Waals surface area contributed by atoms with Crippen molar-refractivity contribution in [1.29, 1.82) is 0 Å². The van der Waals surface area contributed by atoms with Crippen LogP contribution in [-0.4, -0.2) is 41.8 Å². The molecule has 1 atom stereocenters. The van der Waals surface area contributed by atoms with Gasteiger partial charge in [0.2, 0.25) is 0 Å². The minimum Gasteiger partial charge on any atom is -0.490 e. The van der Waals surface area contributed by atoms with E-state index in [0.29, 0.717) is 19.8 Å². The topological polar surface area (TPSA) is 59.0 Å². The first-order valence-electron chi connectivity index (χ1n) is 7.51. The number of benzene rings is 1. The number of rotatable bonds is 7. The molecule has 5 nitrogen and oxygen atoms in total. The normalized spacial score (nSPS) is 18.7. The lowest BCUT2D eigenvalue weighted by Crippen LogP contribution is -2.35. The molecule has 0 radical (unpaired) electrons. The summed E-state index contributed by atoms with van der Waals surface area (Å²) >= 11 is 0. The van der Waals surface area contributed by atoms with Crippen molar-refractivity contribution >= 4 is 5.97 Å². The van der Waals surface area contributed by atoms with Crippen molar-refractivity contribution in [1.82, 2.24) is 4.90 Å². The van der Waals surface area contributed by atoms with E-state index >= 15 is 0 Å². The SMILES string of the molecule is CCOc1ccc(CN2CCC[C@H]2C(=O)O)cc1OCC. The predicted octanol–water partition coefficient (Wildman–Crippen LogP) is 2.53. The van der Waals surface area contributed by atoms with Crippen LogP contribution < -0.4 is 9.47 Å². The number of hydrogen-bond acceptors (Lipinski definition) is 4. The van der Waals surface area contributed by atoms with Crippen molar-refractivity contribution < 1.29 is 19.4 Å². The van der Waals surface area contributed by atoms with Crippen LogP contribution in [0.3, 0.4) is 0 Å². The van der Waals surface area contributed by atoms with Gasteiger partial charge in [0.1, 0.15) is 6.04 Å². The fourth-order valence-corrected chi connectivity index (χ4v) is 2.72. The van der Waals surface area contributed by atoms with Crippen molar-refractivity contribution in [3.05, 3.63) is 23.8 Å². The van der Waals surface area contributed by atoms with Gasteiger partial charge in [0.25, 0.3) is 0 Å². The third-order valence-electron chi connectivity index (χ3n) is 3.64. The summed E-state index contributed by atoms with van der Waals surface area (Å²) in [5.74, 6) is 0.727. The molecule has 1 aliphatic heterocycles. The third-order valence-corrected chi connectivity index (χ3v) is 3.64. The fraction of sp³-hybridized carbons (Fsp3) is 0.562. The number of carboxylic acid groups (broad SMARTS) is 1. The summed E-state index contributed by atoms with van der Waals surface area (Å²) in [5, 5.41) is 9.23. The molecule has 2 rings (SSSR count). The molecule has 0 spiro atoms.